The van der Waals surface area contributed by atoms with Crippen molar-refractivity contribution in [2.45, 2.75) is 18.9 Å². The number of carbonyl (C=O) groups is 2. The number of rotatable bonds is 9. The molecule has 1 atom stereocenters. The largest absolute Gasteiger partial charge is 0.508 e. The van der Waals surface area contributed by atoms with Crippen LogP contribution in [0.2, 0.25) is 0 Å². The molecule has 3 aromatic rings. The van der Waals surface area contributed by atoms with Crippen LogP contribution in [0, 0.1) is 0 Å². The second-order valence-corrected chi connectivity index (χ2v) is 6.42. The molecule has 0 fully saturated rings. The fourth-order valence-electron chi connectivity index (χ4n) is 2.79. The maximum Gasteiger partial charge on any atom is 0.303 e. The quantitative estimate of drug-likeness (QED) is 0.357. The number of phenols is 1. The maximum absolute atomic E-state index is 12.9. The van der Waals surface area contributed by atoms with E-state index in [1.54, 1.807) is 12.1 Å². The molecule has 3 rings (SSSR count). The van der Waals surface area contributed by atoms with Gasteiger partial charge in [-0.15, -0.1) is 5.48 Å². The van der Waals surface area contributed by atoms with Gasteiger partial charge >= 0.3 is 5.97 Å². The molecule has 0 aliphatic rings. The van der Waals surface area contributed by atoms with Gasteiger partial charge in [0.25, 0.3) is 0 Å². The minimum atomic E-state index is -1.03. The molecule has 0 aliphatic carbocycles. The molecule has 3 N–H and O–H groups in total. The number of hydroxylamine groups is 1. The van der Waals surface area contributed by atoms with E-state index < -0.39 is 12.0 Å². The normalized spacial score (nSPS) is 11.8. The van der Waals surface area contributed by atoms with E-state index in [4.69, 9.17) is 19.1 Å². The predicted octanol–water partition coefficient (Wildman–Crippen LogP) is 2.49. The molecule has 1 heterocycles. The highest BCUT2D eigenvalue weighted by atomic mass is 16.7. The lowest BCUT2D eigenvalue weighted by Crippen LogP contribution is -2.34. The summed E-state index contributed by atoms with van der Waals surface area (Å²) in [7, 11) is 1.39. The zero-order chi connectivity index (χ0) is 21.7. The average molecular weight is 413 g/mol. The molecule has 1 aromatic heterocycles. The van der Waals surface area contributed by atoms with E-state index in [0.29, 0.717) is 17.4 Å². The van der Waals surface area contributed by atoms with E-state index in [9.17, 15) is 19.5 Å². The van der Waals surface area contributed by atoms with E-state index in [-0.39, 0.29) is 46.5 Å². The molecule has 0 saturated carbocycles. The Morgan fingerprint density at radius 1 is 1.23 bits per heavy atom. The van der Waals surface area contributed by atoms with Crippen LogP contribution in [0.25, 0.3) is 22.1 Å². The molecule has 0 aliphatic heterocycles. The Bertz CT molecular complexity index is 1120. The number of ether oxygens (including phenoxy) is 1. The summed E-state index contributed by atoms with van der Waals surface area (Å²) in [4.78, 5) is 40.1. The number of hydrogen-bond donors (Lipinski definition) is 3. The first-order valence-electron chi connectivity index (χ1n) is 8.95. The van der Waals surface area contributed by atoms with Gasteiger partial charge in [-0.25, -0.2) is 0 Å². The smallest absolute Gasteiger partial charge is 0.303 e. The molecule has 156 valence electrons. The van der Waals surface area contributed by atoms with Crippen molar-refractivity contribution in [1.82, 2.24) is 5.48 Å². The molecule has 30 heavy (non-hydrogen) atoms. The Kier molecular flexibility index (Phi) is 6.33. The van der Waals surface area contributed by atoms with E-state index in [1.165, 1.54) is 37.6 Å². The van der Waals surface area contributed by atoms with Crippen molar-refractivity contribution >= 4 is 23.2 Å². The van der Waals surface area contributed by atoms with Crippen molar-refractivity contribution in [1.29, 1.82) is 0 Å². The van der Waals surface area contributed by atoms with E-state index >= 15 is 0 Å². The second-order valence-electron chi connectivity index (χ2n) is 6.42. The number of carboxylic acids is 1. The molecule has 0 spiro atoms. The lowest BCUT2D eigenvalue weighted by atomic mass is 10.1. The summed E-state index contributed by atoms with van der Waals surface area (Å²) >= 11 is 0. The molecular formula is C21H19NO8. The fraction of sp³-hybridized carbons (Fsp3) is 0.190. The third-order valence-corrected chi connectivity index (χ3v) is 4.39. The minimum absolute atomic E-state index is 0.0415. The highest BCUT2D eigenvalue weighted by Gasteiger charge is 2.16. The van der Waals surface area contributed by atoms with Crippen LogP contribution < -0.4 is 20.5 Å². The monoisotopic (exact) mass is 413 g/mol. The Morgan fingerprint density at radius 3 is 2.60 bits per heavy atom. The average Bonchev–Trinajstić information content (AvgIpc) is 2.74. The number of hydrogen-bond acceptors (Lipinski definition) is 8. The Labute approximate surface area is 170 Å². The van der Waals surface area contributed by atoms with Gasteiger partial charge in [0.05, 0.1) is 24.1 Å². The molecule has 0 radical (unpaired) electrons. The summed E-state index contributed by atoms with van der Waals surface area (Å²) in [6.07, 6.45) is 1.69. The van der Waals surface area contributed by atoms with Crippen LogP contribution in [-0.2, 0) is 9.59 Å². The first-order valence-corrected chi connectivity index (χ1v) is 8.95. The van der Waals surface area contributed by atoms with Gasteiger partial charge in [0.15, 0.2) is 11.5 Å². The zero-order valence-corrected chi connectivity index (χ0v) is 16.0. The number of fused-ring (bicyclic) bond motifs is 1. The predicted molar refractivity (Wildman–Crippen MR) is 107 cm³/mol. The fourth-order valence-corrected chi connectivity index (χ4v) is 2.79. The maximum atomic E-state index is 12.9. The van der Waals surface area contributed by atoms with Crippen molar-refractivity contribution in [2.75, 3.05) is 7.11 Å². The topological polar surface area (TPSA) is 135 Å². The summed E-state index contributed by atoms with van der Waals surface area (Å²) in [6, 6.07) is 8.18. The molecular weight excluding hydrogens is 394 g/mol. The van der Waals surface area contributed by atoms with Gasteiger partial charge in [-0.1, -0.05) is 12.1 Å². The van der Waals surface area contributed by atoms with E-state index in [0.717, 1.165) is 0 Å². The first-order chi connectivity index (χ1) is 14.4. The van der Waals surface area contributed by atoms with Crippen molar-refractivity contribution in [3.05, 3.63) is 52.9 Å². The molecule has 9 nitrogen and oxygen atoms in total. The van der Waals surface area contributed by atoms with Crippen LogP contribution in [-0.4, -0.2) is 35.6 Å². The van der Waals surface area contributed by atoms with Crippen molar-refractivity contribution in [2.24, 2.45) is 0 Å². The Hall–Kier alpha value is -3.85. The van der Waals surface area contributed by atoms with Gasteiger partial charge in [0.1, 0.15) is 23.9 Å². The SMILES string of the molecule is COc1cc2c(=O)c(-c3ccc(O)cc3)coc2cc1ON[C@H](C=O)CCC(=O)O. The molecule has 0 saturated heterocycles. The summed E-state index contributed by atoms with van der Waals surface area (Å²) in [5.74, 6) is -0.573. The van der Waals surface area contributed by atoms with Crippen LogP contribution in [0.15, 0.2) is 51.9 Å². The van der Waals surface area contributed by atoms with Gasteiger partial charge < -0.3 is 29.0 Å². The Balaban J connectivity index is 1.91. The number of carbonyl (C=O) groups excluding carboxylic acids is 1. The number of methoxy groups -OCH3 is 1. The second kappa shape index (κ2) is 9.10. The minimum Gasteiger partial charge on any atom is -0.508 e. The number of phenolic OH excluding ortho intramolecular Hbond substituents is 1. The number of nitrogens with one attached hydrogen (secondary N) is 1. The number of aldehydes is 1. The van der Waals surface area contributed by atoms with E-state index in [2.05, 4.69) is 5.48 Å². The molecule has 2 aromatic carbocycles. The van der Waals surface area contributed by atoms with Gasteiger partial charge in [0, 0.05) is 12.5 Å². The molecule has 9 heteroatoms. The van der Waals surface area contributed by atoms with Crippen LogP contribution in [0.1, 0.15) is 12.8 Å². The van der Waals surface area contributed by atoms with E-state index in [1.807, 2.05) is 0 Å². The number of aromatic hydroxyl groups is 1. The first kappa shape index (κ1) is 20.9. The van der Waals surface area contributed by atoms with Crippen molar-refractivity contribution in [3.63, 3.8) is 0 Å². The van der Waals surface area contributed by atoms with Gasteiger partial charge in [-0.05, 0) is 30.2 Å². The summed E-state index contributed by atoms with van der Waals surface area (Å²) in [6.45, 7) is 0. The standard InChI is InChI=1S/C21H19NO8/c1-28-18-8-15-17(9-19(18)30-22-13(10-23)4-7-20(25)26)29-11-16(21(15)27)12-2-5-14(24)6-3-12/h2-3,5-6,8-11,13,22,24H,4,7H2,1H3,(H,25,26)/t13-/m0/s1. The van der Waals surface area contributed by atoms with Gasteiger partial charge in [-0.2, -0.15) is 0 Å². The number of aliphatic carboxylic acids is 1. The van der Waals surface area contributed by atoms with Crippen molar-refractivity contribution < 1.29 is 33.8 Å². The summed E-state index contributed by atoms with van der Waals surface area (Å²) < 4.78 is 10.9. The number of carboxylic acid groups (broad SMARTS) is 1. The van der Waals surface area contributed by atoms with Crippen LogP contribution >= 0.6 is 0 Å². The lowest BCUT2D eigenvalue weighted by molar-refractivity contribution is -0.137. The third-order valence-electron chi connectivity index (χ3n) is 4.39. The lowest BCUT2D eigenvalue weighted by Gasteiger charge is -2.15. The van der Waals surface area contributed by atoms with Gasteiger partial charge in [-0.3, -0.25) is 9.59 Å². The molecule has 0 bridgehead atoms. The molecule has 0 unspecified atom stereocenters. The van der Waals surface area contributed by atoms with Crippen LogP contribution in [0.3, 0.4) is 0 Å². The van der Waals surface area contributed by atoms with Crippen LogP contribution in [0.4, 0.5) is 0 Å². The zero-order valence-electron chi connectivity index (χ0n) is 16.0. The summed E-state index contributed by atoms with van der Waals surface area (Å²) in [5, 5.41) is 18.4. The number of benzene rings is 2. The summed E-state index contributed by atoms with van der Waals surface area (Å²) in [5.41, 5.74) is 3.30. The highest BCUT2D eigenvalue weighted by Crippen LogP contribution is 2.32. The van der Waals surface area contributed by atoms with Crippen LogP contribution in [0.5, 0.6) is 17.2 Å². The van der Waals surface area contributed by atoms with Crippen molar-refractivity contribution in [3.8, 4) is 28.4 Å². The van der Waals surface area contributed by atoms with Gasteiger partial charge in [0.2, 0.25) is 5.43 Å². The highest BCUT2D eigenvalue weighted by molar-refractivity contribution is 5.84. The third kappa shape index (κ3) is 4.58. The Morgan fingerprint density at radius 2 is 1.97 bits per heavy atom. The molecule has 0 amide bonds.